The first-order chi connectivity index (χ1) is 11.2. The Hall–Kier alpha value is -1.63. The van der Waals surface area contributed by atoms with E-state index < -0.39 is 0 Å². The van der Waals surface area contributed by atoms with Crippen LogP contribution in [0.1, 0.15) is 24.2 Å². The predicted octanol–water partition coefficient (Wildman–Crippen LogP) is 1.80. The van der Waals surface area contributed by atoms with Crippen molar-refractivity contribution in [2.24, 2.45) is 0 Å². The van der Waals surface area contributed by atoms with Gasteiger partial charge in [0.15, 0.2) is 0 Å². The van der Waals surface area contributed by atoms with Crippen LogP contribution in [0.15, 0.2) is 24.3 Å². The van der Waals surface area contributed by atoms with Gasteiger partial charge in [0.25, 0.3) is 0 Å². The highest BCUT2D eigenvalue weighted by atomic mass is 16.6. The molecule has 0 saturated carbocycles. The molecule has 0 aromatic heterocycles. The van der Waals surface area contributed by atoms with Crippen LogP contribution in [0.2, 0.25) is 0 Å². The Kier molecular flexibility index (Phi) is 10.0. The zero-order valence-corrected chi connectivity index (χ0v) is 14.1. The lowest BCUT2D eigenvalue weighted by molar-refractivity contribution is 0.0119. The van der Waals surface area contributed by atoms with Crippen molar-refractivity contribution >= 4 is 11.7 Å². The molecule has 0 aliphatic heterocycles. The first kappa shape index (κ1) is 19.4. The minimum Gasteiger partial charge on any atom is -0.460 e. The van der Waals surface area contributed by atoms with Crippen molar-refractivity contribution in [1.82, 2.24) is 4.90 Å². The molecule has 130 valence electrons. The number of hydrogen-bond donors (Lipinski definition) is 1. The highest BCUT2D eigenvalue weighted by molar-refractivity contribution is 5.89. The van der Waals surface area contributed by atoms with Crippen LogP contribution in [-0.2, 0) is 14.2 Å². The van der Waals surface area contributed by atoms with E-state index in [9.17, 15) is 4.79 Å². The van der Waals surface area contributed by atoms with Crippen molar-refractivity contribution in [1.29, 1.82) is 0 Å². The lowest BCUT2D eigenvalue weighted by Crippen LogP contribution is -2.27. The topological polar surface area (TPSA) is 74.0 Å². The van der Waals surface area contributed by atoms with Crippen LogP contribution in [0.5, 0.6) is 0 Å². The summed E-state index contributed by atoms with van der Waals surface area (Å²) in [5.41, 5.74) is 6.66. The molecule has 0 atom stereocenters. The van der Waals surface area contributed by atoms with Gasteiger partial charge in [-0.2, -0.15) is 0 Å². The van der Waals surface area contributed by atoms with E-state index in [4.69, 9.17) is 19.9 Å². The SMILES string of the molecule is CCN(CC)CCOCCOCCOC(=O)c1ccc(N)cc1. The van der Waals surface area contributed by atoms with Crippen molar-refractivity contribution in [3.8, 4) is 0 Å². The van der Waals surface area contributed by atoms with Crippen LogP contribution in [-0.4, -0.2) is 63.5 Å². The average Bonchev–Trinajstić information content (AvgIpc) is 2.57. The molecule has 0 fully saturated rings. The molecule has 1 aromatic carbocycles. The molecule has 6 heteroatoms. The van der Waals surface area contributed by atoms with Gasteiger partial charge in [-0.3, -0.25) is 0 Å². The summed E-state index contributed by atoms with van der Waals surface area (Å²) in [5, 5.41) is 0. The Morgan fingerprint density at radius 2 is 1.52 bits per heavy atom. The van der Waals surface area contributed by atoms with E-state index in [0.29, 0.717) is 37.7 Å². The van der Waals surface area contributed by atoms with Crippen LogP contribution in [0.3, 0.4) is 0 Å². The molecular weight excluding hydrogens is 296 g/mol. The molecule has 2 N–H and O–H groups in total. The number of hydrogen-bond acceptors (Lipinski definition) is 6. The third-order valence-corrected chi connectivity index (χ3v) is 3.43. The Balaban J connectivity index is 1.97. The van der Waals surface area contributed by atoms with Crippen molar-refractivity contribution < 1.29 is 19.0 Å². The van der Waals surface area contributed by atoms with E-state index in [0.717, 1.165) is 19.6 Å². The summed E-state index contributed by atoms with van der Waals surface area (Å²) < 4.78 is 16.0. The molecule has 0 spiro atoms. The number of nitrogens with two attached hydrogens (primary N) is 1. The third kappa shape index (κ3) is 8.54. The van der Waals surface area contributed by atoms with Gasteiger partial charge in [0.05, 0.1) is 32.0 Å². The van der Waals surface area contributed by atoms with Gasteiger partial charge in [-0.05, 0) is 37.4 Å². The quantitative estimate of drug-likeness (QED) is 0.359. The van der Waals surface area contributed by atoms with Gasteiger partial charge >= 0.3 is 5.97 Å². The minimum atomic E-state index is -0.371. The maximum atomic E-state index is 11.7. The second-order valence-electron chi connectivity index (χ2n) is 5.01. The summed E-state index contributed by atoms with van der Waals surface area (Å²) in [7, 11) is 0. The highest BCUT2D eigenvalue weighted by Crippen LogP contribution is 2.06. The Morgan fingerprint density at radius 1 is 0.957 bits per heavy atom. The predicted molar refractivity (Wildman–Crippen MR) is 90.6 cm³/mol. The summed E-state index contributed by atoms with van der Waals surface area (Å²) in [6, 6.07) is 6.62. The van der Waals surface area contributed by atoms with Crippen LogP contribution in [0.25, 0.3) is 0 Å². The molecule has 1 aromatic rings. The van der Waals surface area contributed by atoms with E-state index >= 15 is 0 Å². The van der Waals surface area contributed by atoms with Crippen molar-refractivity contribution in [3.05, 3.63) is 29.8 Å². The number of rotatable bonds is 12. The highest BCUT2D eigenvalue weighted by Gasteiger charge is 2.06. The molecule has 0 saturated heterocycles. The fraction of sp³-hybridized carbons (Fsp3) is 0.588. The summed E-state index contributed by atoms with van der Waals surface area (Å²) in [5.74, 6) is -0.371. The van der Waals surface area contributed by atoms with Crippen LogP contribution in [0.4, 0.5) is 5.69 Å². The number of likely N-dealkylation sites (N-methyl/N-ethyl adjacent to an activating group) is 1. The van der Waals surface area contributed by atoms with Gasteiger partial charge in [0.1, 0.15) is 6.61 Å². The second kappa shape index (κ2) is 11.9. The number of ether oxygens (including phenoxy) is 3. The summed E-state index contributed by atoms with van der Waals surface area (Å²) >= 11 is 0. The van der Waals surface area contributed by atoms with Crippen LogP contribution < -0.4 is 5.73 Å². The maximum absolute atomic E-state index is 11.7. The number of carbonyl (C=O) groups excluding carboxylic acids is 1. The molecule has 1 rings (SSSR count). The van der Waals surface area contributed by atoms with Crippen LogP contribution >= 0.6 is 0 Å². The van der Waals surface area contributed by atoms with Gasteiger partial charge in [0.2, 0.25) is 0 Å². The smallest absolute Gasteiger partial charge is 0.338 e. The molecule has 0 unspecified atom stereocenters. The first-order valence-corrected chi connectivity index (χ1v) is 8.07. The van der Waals surface area contributed by atoms with Crippen molar-refractivity contribution in [2.75, 3.05) is 58.4 Å². The fourth-order valence-corrected chi connectivity index (χ4v) is 1.95. The number of anilines is 1. The van der Waals surface area contributed by atoms with Crippen LogP contribution in [0, 0.1) is 0 Å². The van der Waals surface area contributed by atoms with Gasteiger partial charge in [0, 0.05) is 12.2 Å². The molecule has 0 radical (unpaired) electrons. The van der Waals surface area contributed by atoms with Crippen molar-refractivity contribution in [3.63, 3.8) is 0 Å². The van der Waals surface area contributed by atoms with Crippen molar-refractivity contribution in [2.45, 2.75) is 13.8 Å². The molecule has 0 heterocycles. The Bertz CT molecular complexity index is 433. The number of carbonyl (C=O) groups is 1. The number of nitrogens with zero attached hydrogens (tertiary/aromatic N) is 1. The summed E-state index contributed by atoms with van der Waals surface area (Å²) in [4.78, 5) is 14.0. The first-order valence-electron chi connectivity index (χ1n) is 8.07. The molecule has 23 heavy (non-hydrogen) atoms. The lowest BCUT2D eigenvalue weighted by atomic mass is 10.2. The Morgan fingerprint density at radius 3 is 2.13 bits per heavy atom. The zero-order chi connectivity index (χ0) is 16.9. The molecule has 0 bridgehead atoms. The Labute approximate surface area is 138 Å². The largest absolute Gasteiger partial charge is 0.460 e. The van der Waals surface area contributed by atoms with Gasteiger partial charge in [-0.25, -0.2) is 4.79 Å². The number of nitrogen functional groups attached to an aromatic ring is 1. The number of esters is 1. The number of benzene rings is 1. The minimum absolute atomic E-state index is 0.225. The zero-order valence-electron chi connectivity index (χ0n) is 14.1. The van der Waals surface area contributed by atoms with Gasteiger partial charge in [-0.15, -0.1) is 0 Å². The third-order valence-electron chi connectivity index (χ3n) is 3.43. The van der Waals surface area contributed by atoms with E-state index in [1.807, 2.05) is 0 Å². The molecule has 6 nitrogen and oxygen atoms in total. The molecule has 0 amide bonds. The van der Waals surface area contributed by atoms with E-state index in [1.54, 1.807) is 24.3 Å². The normalized spacial score (nSPS) is 10.9. The molecule has 0 aliphatic rings. The lowest BCUT2D eigenvalue weighted by Gasteiger charge is -2.17. The maximum Gasteiger partial charge on any atom is 0.338 e. The standard InChI is InChI=1S/C17H28N2O4/c1-3-19(4-2)9-10-21-11-12-22-13-14-23-17(20)15-5-7-16(18)8-6-15/h5-8H,3-4,9-14,18H2,1-2H3. The average molecular weight is 324 g/mol. The second-order valence-corrected chi connectivity index (χ2v) is 5.01. The van der Waals surface area contributed by atoms with E-state index in [2.05, 4.69) is 18.7 Å². The van der Waals surface area contributed by atoms with E-state index in [1.165, 1.54) is 0 Å². The monoisotopic (exact) mass is 324 g/mol. The molecular formula is C17H28N2O4. The molecule has 0 aliphatic carbocycles. The fourth-order valence-electron chi connectivity index (χ4n) is 1.95. The summed E-state index contributed by atoms with van der Waals surface area (Å²) in [6.07, 6.45) is 0. The van der Waals surface area contributed by atoms with Gasteiger partial charge in [-0.1, -0.05) is 13.8 Å². The van der Waals surface area contributed by atoms with E-state index in [-0.39, 0.29) is 12.6 Å². The summed E-state index contributed by atoms with van der Waals surface area (Å²) in [6.45, 7) is 9.62. The van der Waals surface area contributed by atoms with Gasteiger partial charge < -0.3 is 24.8 Å².